The third-order valence-electron chi connectivity index (χ3n) is 9.40. The van der Waals surface area contributed by atoms with Gasteiger partial charge in [-0.2, -0.15) is 5.10 Å². The summed E-state index contributed by atoms with van der Waals surface area (Å²) in [4.78, 5) is 6.91. The van der Waals surface area contributed by atoms with Gasteiger partial charge in [0.05, 0.1) is 28.1 Å². The summed E-state index contributed by atoms with van der Waals surface area (Å²) in [5, 5.41) is 7.67. The molecule has 0 atom stereocenters. The van der Waals surface area contributed by atoms with Crippen LogP contribution in [0.3, 0.4) is 0 Å². The molecule has 3 aromatic heterocycles. The molecule has 7 rings (SSSR count). The highest BCUT2D eigenvalue weighted by Crippen LogP contribution is 2.42. The first-order valence-electron chi connectivity index (χ1n) is 17.2. The quantitative estimate of drug-likeness (QED) is 0.165. The minimum atomic E-state index is 0.242. The van der Waals surface area contributed by atoms with E-state index in [1.165, 1.54) is 44.6 Å². The third-order valence-corrected chi connectivity index (χ3v) is 9.40. The second-order valence-electron chi connectivity index (χ2n) is 14.0. The second kappa shape index (κ2) is 12.6. The van der Waals surface area contributed by atoms with Gasteiger partial charge < -0.3 is 9.64 Å². The van der Waals surface area contributed by atoms with Crippen LogP contribution in [0.1, 0.15) is 67.6 Å². The van der Waals surface area contributed by atoms with Crippen LogP contribution in [-0.4, -0.2) is 33.4 Å². The predicted octanol–water partition coefficient (Wildman–Crippen LogP) is 11.1. The average Bonchev–Trinajstić information content (AvgIpc) is 3.61. The largest absolute Gasteiger partial charge is 0.457 e. The Morgan fingerprint density at radius 2 is 1.39 bits per heavy atom. The number of rotatable bonds is 8. The number of anilines is 1. The highest BCUT2D eigenvalue weighted by Gasteiger charge is 2.27. The number of ether oxygens (including phenoxy) is 1. The van der Waals surface area contributed by atoms with E-state index in [-0.39, 0.29) is 11.8 Å². The van der Waals surface area contributed by atoms with E-state index in [4.69, 9.17) is 14.8 Å². The normalized spacial score (nSPS) is 11.7. The molecule has 0 amide bonds. The number of fused-ring (bicyclic) bond motifs is 3. The van der Waals surface area contributed by atoms with Gasteiger partial charge in [0.1, 0.15) is 17.3 Å². The van der Waals surface area contributed by atoms with E-state index in [0.29, 0.717) is 0 Å². The molecule has 0 spiro atoms. The van der Waals surface area contributed by atoms with Gasteiger partial charge in [-0.25, -0.2) is 9.67 Å². The summed E-state index contributed by atoms with van der Waals surface area (Å²) in [5.41, 5.74) is 12.9. The summed E-state index contributed by atoms with van der Waals surface area (Å²) in [5.74, 6) is 2.91. The molecule has 248 valence electrons. The van der Waals surface area contributed by atoms with E-state index < -0.39 is 0 Å². The molecular weight excluding hydrogens is 603 g/mol. The van der Waals surface area contributed by atoms with Crippen LogP contribution in [0.25, 0.3) is 44.4 Å². The Morgan fingerprint density at radius 3 is 2.08 bits per heavy atom. The molecule has 49 heavy (non-hydrogen) atoms. The van der Waals surface area contributed by atoms with Gasteiger partial charge in [0, 0.05) is 54.4 Å². The third kappa shape index (κ3) is 5.75. The van der Waals surface area contributed by atoms with Crippen LogP contribution in [-0.2, 0) is 0 Å². The van der Waals surface area contributed by atoms with Crippen molar-refractivity contribution in [3.8, 4) is 34.1 Å². The summed E-state index contributed by atoms with van der Waals surface area (Å²) in [6, 6.07) is 31.8. The van der Waals surface area contributed by atoms with Crippen LogP contribution in [0.2, 0.25) is 0 Å². The van der Waals surface area contributed by atoms with Gasteiger partial charge >= 0.3 is 0 Å². The molecule has 6 nitrogen and oxygen atoms in total. The van der Waals surface area contributed by atoms with E-state index in [1.807, 2.05) is 18.3 Å². The fourth-order valence-corrected chi connectivity index (χ4v) is 7.15. The SMILES string of the molecule is Cc1ccnc(-n2c3ccccc3c3ccc(Oc4cccc(-n5nc(C(C)C)c(-c6c(C)cc(N(C)C)cc6C)c5C(C)C)c4)cc32)c1. The second-order valence-corrected chi connectivity index (χ2v) is 14.0. The molecule has 6 heteroatoms. The van der Waals surface area contributed by atoms with Gasteiger partial charge in [0.15, 0.2) is 0 Å². The number of hydrogen-bond acceptors (Lipinski definition) is 4. The lowest BCUT2D eigenvalue weighted by Crippen LogP contribution is -2.10. The van der Waals surface area contributed by atoms with E-state index in [1.54, 1.807) is 0 Å². The highest BCUT2D eigenvalue weighted by atomic mass is 16.5. The van der Waals surface area contributed by atoms with E-state index >= 15 is 0 Å². The van der Waals surface area contributed by atoms with Crippen LogP contribution in [0, 0.1) is 20.8 Å². The first kappa shape index (κ1) is 32.2. The Bertz CT molecular complexity index is 2320. The molecule has 0 aliphatic rings. The summed E-state index contributed by atoms with van der Waals surface area (Å²) in [6.45, 7) is 15.5. The summed E-state index contributed by atoms with van der Waals surface area (Å²) < 4.78 is 11.0. The van der Waals surface area contributed by atoms with Crippen LogP contribution in [0.4, 0.5) is 5.69 Å². The van der Waals surface area contributed by atoms with Crippen LogP contribution in [0.15, 0.2) is 97.2 Å². The molecule has 0 saturated carbocycles. The maximum atomic E-state index is 6.62. The number of benzene rings is 4. The van der Waals surface area contributed by atoms with Gasteiger partial charge in [-0.1, -0.05) is 52.0 Å². The average molecular weight is 648 g/mol. The predicted molar refractivity (Wildman–Crippen MR) is 204 cm³/mol. The Labute approximate surface area is 289 Å². The van der Waals surface area contributed by atoms with E-state index in [2.05, 4.69) is 156 Å². The monoisotopic (exact) mass is 647 g/mol. The fraction of sp³-hybridized carbons (Fsp3) is 0.256. The Morgan fingerprint density at radius 1 is 0.673 bits per heavy atom. The smallest absolute Gasteiger partial charge is 0.137 e. The van der Waals surface area contributed by atoms with Crippen LogP contribution < -0.4 is 9.64 Å². The maximum absolute atomic E-state index is 6.62. The lowest BCUT2D eigenvalue weighted by atomic mass is 9.88. The van der Waals surface area contributed by atoms with Crippen molar-refractivity contribution in [1.82, 2.24) is 19.3 Å². The molecule has 0 bridgehead atoms. The zero-order chi connectivity index (χ0) is 34.6. The molecule has 0 saturated heterocycles. The molecule has 0 aliphatic heterocycles. The molecule has 0 radical (unpaired) electrons. The minimum absolute atomic E-state index is 0.242. The van der Waals surface area contributed by atoms with Crippen molar-refractivity contribution in [2.75, 3.05) is 19.0 Å². The first-order valence-corrected chi connectivity index (χ1v) is 17.2. The minimum Gasteiger partial charge on any atom is -0.457 e. The molecular formula is C43H45N5O. The zero-order valence-corrected chi connectivity index (χ0v) is 30.0. The van der Waals surface area contributed by atoms with E-state index in [0.717, 1.165) is 45.1 Å². The summed E-state index contributed by atoms with van der Waals surface area (Å²) in [6.07, 6.45) is 1.87. The maximum Gasteiger partial charge on any atom is 0.137 e. The molecule has 0 fully saturated rings. The number of aromatic nitrogens is 4. The van der Waals surface area contributed by atoms with Crippen molar-refractivity contribution in [3.05, 3.63) is 125 Å². The molecule has 7 aromatic rings. The number of hydrogen-bond donors (Lipinski definition) is 0. The van der Waals surface area contributed by atoms with Crippen molar-refractivity contribution in [2.45, 2.75) is 60.3 Å². The number of para-hydroxylation sites is 1. The Balaban J connectivity index is 1.33. The van der Waals surface area contributed by atoms with Crippen molar-refractivity contribution in [1.29, 1.82) is 0 Å². The zero-order valence-electron chi connectivity index (χ0n) is 30.0. The van der Waals surface area contributed by atoms with Gasteiger partial charge in [-0.05, 0) is 109 Å². The van der Waals surface area contributed by atoms with Crippen molar-refractivity contribution in [3.63, 3.8) is 0 Å². The standard InChI is InChI=1S/C43H45N5O/c1-26(2)42-41(40-29(6)22-32(46(8)9)23-30(40)7)43(27(3)4)48(45-42)31-13-12-14-33(24-31)49-34-17-18-36-35-15-10-11-16-37(35)47(38(36)25-34)39-21-28(5)19-20-44-39/h10-27H,1-9H3. The number of pyridine rings is 1. The fourth-order valence-electron chi connectivity index (χ4n) is 7.15. The van der Waals surface area contributed by atoms with Crippen molar-refractivity contribution < 1.29 is 4.74 Å². The van der Waals surface area contributed by atoms with Gasteiger partial charge in [-0.15, -0.1) is 0 Å². The van der Waals surface area contributed by atoms with Gasteiger partial charge in [0.25, 0.3) is 0 Å². The topological polar surface area (TPSA) is 48.1 Å². The lowest BCUT2D eigenvalue weighted by molar-refractivity contribution is 0.482. The number of nitrogens with zero attached hydrogens (tertiary/aromatic N) is 5. The van der Waals surface area contributed by atoms with Crippen molar-refractivity contribution >= 4 is 27.5 Å². The summed E-state index contributed by atoms with van der Waals surface area (Å²) >= 11 is 0. The molecule has 4 aromatic carbocycles. The first-order chi connectivity index (χ1) is 23.5. The van der Waals surface area contributed by atoms with Gasteiger partial charge in [-0.3, -0.25) is 4.57 Å². The Hall–Kier alpha value is -5.36. The van der Waals surface area contributed by atoms with Gasteiger partial charge in [0.2, 0.25) is 0 Å². The highest BCUT2D eigenvalue weighted by molar-refractivity contribution is 6.09. The molecule has 0 N–H and O–H groups in total. The molecule has 0 aliphatic carbocycles. The van der Waals surface area contributed by atoms with Crippen molar-refractivity contribution in [2.24, 2.45) is 0 Å². The van der Waals surface area contributed by atoms with E-state index in [9.17, 15) is 0 Å². The van der Waals surface area contributed by atoms with Crippen LogP contribution in [0.5, 0.6) is 11.5 Å². The Kier molecular flexibility index (Phi) is 8.27. The summed E-state index contributed by atoms with van der Waals surface area (Å²) in [7, 11) is 4.19. The van der Waals surface area contributed by atoms with Crippen LogP contribution >= 0.6 is 0 Å². The molecule has 3 heterocycles. The number of aryl methyl sites for hydroxylation is 3. The molecule has 0 unspecified atom stereocenters. The lowest BCUT2D eigenvalue weighted by Gasteiger charge is -2.20.